The SMILES string of the molecule is CCCCCCCCCCC/C=C\CCCCCCC(O)C(=O)NC(COC1OC(CO)C(O)C(O)C1O)C(O)CCCCCCCCCCCCCCCC. The van der Waals surface area contributed by atoms with E-state index < -0.39 is 61.5 Å². The van der Waals surface area contributed by atoms with Crippen molar-refractivity contribution >= 4 is 5.91 Å². The fraction of sp³-hybridized carbons (Fsp3) is 0.935. The number of rotatable bonds is 39. The van der Waals surface area contributed by atoms with Crippen molar-refractivity contribution in [3.63, 3.8) is 0 Å². The van der Waals surface area contributed by atoms with Crippen molar-refractivity contribution in [1.82, 2.24) is 5.32 Å². The van der Waals surface area contributed by atoms with Crippen LogP contribution in [0.25, 0.3) is 0 Å². The summed E-state index contributed by atoms with van der Waals surface area (Å²) in [6, 6.07) is -0.895. The monoisotopic (exact) mass is 800 g/mol. The van der Waals surface area contributed by atoms with Crippen LogP contribution in [0.2, 0.25) is 0 Å². The van der Waals surface area contributed by atoms with Gasteiger partial charge in [-0.05, 0) is 38.5 Å². The van der Waals surface area contributed by atoms with Gasteiger partial charge in [0.1, 0.15) is 30.5 Å². The van der Waals surface area contributed by atoms with Crippen molar-refractivity contribution in [2.24, 2.45) is 0 Å². The Morgan fingerprint density at radius 2 is 1.00 bits per heavy atom. The normalized spacial score (nSPS) is 21.8. The van der Waals surface area contributed by atoms with Gasteiger partial charge in [0.05, 0.1) is 25.4 Å². The van der Waals surface area contributed by atoms with Gasteiger partial charge in [-0.1, -0.05) is 187 Å². The van der Waals surface area contributed by atoms with Crippen molar-refractivity contribution in [3.05, 3.63) is 12.2 Å². The highest BCUT2D eigenvalue weighted by molar-refractivity contribution is 5.80. The zero-order valence-corrected chi connectivity index (χ0v) is 36.0. The summed E-state index contributed by atoms with van der Waals surface area (Å²) in [7, 11) is 0. The van der Waals surface area contributed by atoms with Gasteiger partial charge in [0.25, 0.3) is 0 Å². The number of aliphatic hydroxyl groups is 6. The van der Waals surface area contributed by atoms with Gasteiger partial charge in [0.2, 0.25) is 5.91 Å². The second-order valence-electron chi connectivity index (χ2n) is 16.7. The first-order chi connectivity index (χ1) is 27.3. The summed E-state index contributed by atoms with van der Waals surface area (Å²) in [5.41, 5.74) is 0. The second kappa shape index (κ2) is 36.9. The average Bonchev–Trinajstić information content (AvgIpc) is 3.20. The summed E-state index contributed by atoms with van der Waals surface area (Å²) in [5.74, 6) is -0.591. The standard InChI is InChI=1S/C46H89NO9/c1-3-5-7-9-11-13-15-17-19-20-21-23-25-27-29-31-33-35-40(50)45(54)47-38(37-55-46-44(53)43(52)42(51)41(36-48)56-46)39(49)34-32-30-28-26-24-22-18-16-14-12-10-8-6-4-2/h21,23,38-44,46,48-53H,3-20,22,24-37H2,1-2H3,(H,47,54)/b23-21-. The Morgan fingerprint density at radius 1 is 0.589 bits per heavy atom. The van der Waals surface area contributed by atoms with Crippen molar-refractivity contribution in [2.75, 3.05) is 13.2 Å². The molecule has 0 spiro atoms. The number of amides is 1. The number of aliphatic hydroxyl groups excluding tert-OH is 6. The molecule has 56 heavy (non-hydrogen) atoms. The number of allylic oxidation sites excluding steroid dienone is 2. The number of nitrogens with one attached hydrogen (secondary N) is 1. The molecule has 0 aliphatic carbocycles. The summed E-state index contributed by atoms with van der Waals surface area (Å²) in [6.45, 7) is 3.66. The largest absolute Gasteiger partial charge is 0.394 e. The minimum absolute atomic E-state index is 0.256. The Labute approximate surface area is 342 Å². The molecule has 0 bridgehead atoms. The van der Waals surface area contributed by atoms with Crippen LogP contribution in [-0.2, 0) is 14.3 Å². The molecule has 1 amide bonds. The zero-order valence-electron chi connectivity index (χ0n) is 36.0. The van der Waals surface area contributed by atoms with E-state index in [-0.39, 0.29) is 6.61 Å². The van der Waals surface area contributed by atoms with E-state index in [1.54, 1.807) is 0 Å². The van der Waals surface area contributed by atoms with E-state index in [0.717, 1.165) is 57.8 Å². The highest BCUT2D eigenvalue weighted by Gasteiger charge is 2.44. The number of ether oxygens (including phenoxy) is 2. The zero-order chi connectivity index (χ0) is 41.1. The minimum Gasteiger partial charge on any atom is -0.394 e. The Bertz CT molecular complexity index is 906. The number of unbranched alkanes of at least 4 members (excludes halogenated alkanes) is 26. The molecule has 0 aromatic heterocycles. The van der Waals surface area contributed by atoms with E-state index in [2.05, 4.69) is 31.3 Å². The van der Waals surface area contributed by atoms with Crippen LogP contribution in [0.3, 0.4) is 0 Å². The van der Waals surface area contributed by atoms with Gasteiger partial charge in [0, 0.05) is 0 Å². The number of hydrogen-bond donors (Lipinski definition) is 7. The summed E-state index contributed by atoms with van der Waals surface area (Å²) in [5, 5.41) is 64.8. The Kier molecular flexibility index (Phi) is 34.9. The second-order valence-corrected chi connectivity index (χ2v) is 16.7. The maximum Gasteiger partial charge on any atom is 0.249 e. The molecule has 0 radical (unpaired) electrons. The van der Waals surface area contributed by atoms with Crippen molar-refractivity contribution in [1.29, 1.82) is 0 Å². The van der Waals surface area contributed by atoms with Crippen LogP contribution in [0.1, 0.15) is 213 Å². The first kappa shape index (κ1) is 52.9. The van der Waals surface area contributed by atoms with Gasteiger partial charge in [-0.25, -0.2) is 0 Å². The molecule has 0 saturated carbocycles. The summed E-state index contributed by atoms with van der Waals surface area (Å²) < 4.78 is 11.2. The molecule has 10 nitrogen and oxygen atoms in total. The first-order valence-electron chi connectivity index (χ1n) is 23.5. The first-order valence-corrected chi connectivity index (χ1v) is 23.5. The molecule has 332 valence electrons. The topological polar surface area (TPSA) is 169 Å². The van der Waals surface area contributed by atoms with Gasteiger partial charge in [-0.3, -0.25) is 4.79 Å². The van der Waals surface area contributed by atoms with Gasteiger partial charge in [0.15, 0.2) is 6.29 Å². The Balaban J connectivity index is 2.39. The van der Waals surface area contributed by atoms with Crippen molar-refractivity contribution < 1.29 is 44.9 Å². The molecule has 1 fully saturated rings. The number of carbonyl (C=O) groups excluding carboxylic acids is 1. The summed E-state index contributed by atoms with van der Waals surface area (Å²) >= 11 is 0. The lowest BCUT2D eigenvalue weighted by Crippen LogP contribution is -2.60. The quantitative estimate of drug-likeness (QED) is 0.0238. The molecule has 8 atom stereocenters. The predicted octanol–water partition coefficient (Wildman–Crippen LogP) is 8.70. The average molecular weight is 800 g/mol. The molecule has 0 aromatic carbocycles. The Hall–Kier alpha value is -1.11. The van der Waals surface area contributed by atoms with E-state index in [9.17, 15) is 35.4 Å². The fourth-order valence-electron chi connectivity index (χ4n) is 7.57. The molecule has 1 aliphatic heterocycles. The lowest BCUT2D eigenvalue weighted by molar-refractivity contribution is -0.302. The van der Waals surface area contributed by atoms with Gasteiger partial charge in [-0.15, -0.1) is 0 Å². The summed E-state index contributed by atoms with van der Waals surface area (Å²) in [4.78, 5) is 13.0. The van der Waals surface area contributed by atoms with Crippen molar-refractivity contribution in [3.8, 4) is 0 Å². The van der Waals surface area contributed by atoms with Crippen LogP contribution in [0, 0.1) is 0 Å². The van der Waals surface area contributed by atoms with Crippen LogP contribution in [0.4, 0.5) is 0 Å². The molecule has 1 aliphatic rings. The van der Waals surface area contributed by atoms with Crippen LogP contribution in [0.15, 0.2) is 12.2 Å². The van der Waals surface area contributed by atoms with Crippen molar-refractivity contribution in [2.45, 2.75) is 262 Å². The lowest BCUT2D eigenvalue weighted by atomic mass is 9.99. The van der Waals surface area contributed by atoms with E-state index in [1.165, 1.54) is 122 Å². The van der Waals surface area contributed by atoms with Gasteiger partial charge in [-0.2, -0.15) is 0 Å². The smallest absolute Gasteiger partial charge is 0.249 e. The van der Waals surface area contributed by atoms with E-state index in [0.29, 0.717) is 19.3 Å². The van der Waals surface area contributed by atoms with Crippen LogP contribution in [-0.4, -0.2) is 98.7 Å². The third kappa shape index (κ3) is 26.8. The predicted molar refractivity (Wildman–Crippen MR) is 227 cm³/mol. The van der Waals surface area contributed by atoms with E-state index in [1.807, 2.05) is 0 Å². The molecule has 0 aromatic rings. The molecule has 1 saturated heterocycles. The molecule has 10 heteroatoms. The highest BCUT2D eigenvalue weighted by atomic mass is 16.7. The van der Waals surface area contributed by atoms with E-state index >= 15 is 0 Å². The number of hydrogen-bond acceptors (Lipinski definition) is 9. The molecule has 1 heterocycles. The summed E-state index contributed by atoms with van der Waals surface area (Å²) in [6.07, 6.45) is 31.1. The molecule has 7 N–H and O–H groups in total. The minimum atomic E-state index is -1.60. The fourth-order valence-corrected chi connectivity index (χ4v) is 7.57. The van der Waals surface area contributed by atoms with Gasteiger partial charge < -0.3 is 45.4 Å². The third-order valence-electron chi connectivity index (χ3n) is 11.5. The maximum absolute atomic E-state index is 13.0. The van der Waals surface area contributed by atoms with Crippen LogP contribution >= 0.6 is 0 Å². The third-order valence-corrected chi connectivity index (χ3v) is 11.5. The molecule has 1 rings (SSSR count). The maximum atomic E-state index is 13.0. The highest BCUT2D eigenvalue weighted by Crippen LogP contribution is 2.23. The number of carbonyl (C=O) groups is 1. The van der Waals surface area contributed by atoms with Crippen LogP contribution < -0.4 is 5.32 Å². The molecular weight excluding hydrogens is 711 g/mol. The lowest BCUT2D eigenvalue weighted by Gasteiger charge is -2.40. The van der Waals surface area contributed by atoms with Gasteiger partial charge >= 0.3 is 0 Å². The molecular formula is C46H89NO9. The molecule has 8 unspecified atom stereocenters. The van der Waals surface area contributed by atoms with Crippen LogP contribution in [0.5, 0.6) is 0 Å². The van der Waals surface area contributed by atoms with E-state index in [4.69, 9.17) is 9.47 Å². The Morgan fingerprint density at radius 3 is 1.45 bits per heavy atom.